The molecule has 3 unspecified atom stereocenters. The first-order chi connectivity index (χ1) is 7.99. The zero-order valence-corrected chi connectivity index (χ0v) is 12.2. The molecule has 0 amide bonds. The minimum atomic E-state index is 0.140. The third-order valence-corrected chi connectivity index (χ3v) is 4.25. The van der Waals surface area contributed by atoms with E-state index in [0.29, 0.717) is 18.2 Å². The molecule has 1 fully saturated rings. The highest BCUT2D eigenvalue weighted by Crippen LogP contribution is 2.35. The normalized spacial score (nSPS) is 36.2. The largest absolute Gasteiger partial charge is 0.375 e. The van der Waals surface area contributed by atoms with Crippen LogP contribution in [0.1, 0.15) is 53.9 Å². The van der Waals surface area contributed by atoms with E-state index in [1.807, 2.05) is 0 Å². The van der Waals surface area contributed by atoms with Gasteiger partial charge in [0.1, 0.15) is 0 Å². The molecule has 0 aromatic rings. The second-order valence-corrected chi connectivity index (χ2v) is 5.64. The Morgan fingerprint density at radius 3 is 2.18 bits per heavy atom. The van der Waals surface area contributed by atoms with Crippen molar-refractivity contribution in [1.82, 2.24) is 4.90 Å². The summed E-state index contributed by atoms with van der Waals surface area (Å²) in [4.78, 5) is 2.60. The van der Waals surface area contributed by atoms with Crippen LogP contribution in [-0.4, -0.2) is 41.8 Å². The first-order valence-electron chi connectivity index (χ1n) is 7.11. The van der Waals surface area contributed by atoms with Crippen molar-refractivity contribution in [2.45, 2.75) is 77.7 Å². The van der Waals surface area contributed by atoms with Gasteiger partial charge < -0.3 is 10.5 Å². The van der Waals surface area contributed by atoms with E-state index in [0.717, 1.165) is 25.9 Å². The molecule has 1 heterocycles. The maximum Gasteiger partial charge on any atom is 0.0568 e. The Morgan fingerprint density at radius 1 is 1.29 bits per heavy atom. The molecule has 2 N–H and O–H groups in total. The van der Waals surface area contributed by atoms with Gasteiger partial charge in [0, 0.05) is 18.1 Å². The van der Waals surface area contributed by atoms with Gasteiger partial charge in [0.25, 0.3) is 0 Å². The first kappa shape index (κ1) is 14.9. The van der Waals surface area contributed by atoms with Gasteiger partial charge in [-0.15, -0.1) is 0 Å². The third kappa shape index (κ3) is 3.21. The Hall–Kier alpha value is -0.120. The summed E-state index contributed by atoms with van der Waals surface area (Å²) in [6, 6.07) is 0.598. The predicted molar refractivity (Wildman–Crippen MR) is 73.2 cm³/mol. The van der Waals surface area contributed by atoms with Gasteiger partial charge in [-0.3, -0.25) is 4.90 Å². The average Bonchev–Trinajstić information content (AvgIpc) is 2.28. The highest BCUT2D eigenvalue weighted by molar-refractivity contribution is 4.98. The van der Waals surface area contributed by atoms with Crippen molar-refractivity contribution in [2.24, 2.45) is 5.73 Å². The smallest absolute Gasteiger partial charge is 0.0568 e. The average molecular weight is 242 g/mol. The monoisotopic (exact) mass is 242 g/mol. The minimum absolute atomic E-state index is 0.140. The number of hydrogen-bond donors (Lipinski definition) is 1. The number of ether oxygens (including phenoxy) is 1. The number of hydrogen-bond acceptors (Lipinski definition) is 3. The predicted octanol–water partition coefficient (Wildman–Crippen LogP) is 2.39. The molecule has 17 heavy (non-hydrogen) atoms. The zero-order chi connectivity index (χ0) is 13.1. The molecule has 0 radical (unpaired) electrons. The highest BCUT2D eigenvalue weighted by atomic mass is 16.5. The lowest BCUT2D eigenvalue weighted by atomic mass is 9.81. The van der Waals surface area contributed by atoms with E-state index in [-0.39, 0.29) is 5.54 Å². The van der Waals surface area contributed by atoms with Crippen LogP contribution in [0.2, 0.25) is 0 Å². The van der Waals surface area contributed by atoms with Gasteiger partial charge in [0.2, 0.25) is 0 Å². The minimum Gasteiger partial charge on any atom is -0.375 e. The quantitative estimate of drug-likeness (QED) is 0.804. The second kappa shape index (κ2) is 6.17. The van der Waals surface area contributed by atoms with Crippen LogP contribution in [0.5, 0.6) is 0 Å². The lowest BCUT2D eigenvalue weighted by Crippen LogP contribution is -2.61. The van der Waals surface area contributed by atoms with E-state index in [2.05, 4.69) is 39.5 Å². The first-order valence-corrected chi connectivity index (χ1v) is 7.11. The van der Waals surface area contributed by atoms with E-state index in [1.54, 1.807) is 0 Å². The third-order valence-electron chi connectivity index (χ3n) is 4.25. The van der Waals surface area contributed by atoms with Crippen LogP contribution in [0.15, 0.2) is 0 Å². The molecule has 0 bridgehead atoms. The summed E-state index contributed by atoms with van der Waals surface area (Å²) in [5.74, 6) is 0. The fourth-order valence-electron chi connectivity index (χ4n) is 3.50. The van der Waals surface area contributed by atoms with Crippen LogP contribution in [-0.2, 0) is 4.74 Å². The van der Waals surface area contributed by atoms with Crippen LogP contribution >= 0.6 is 0 Å². The summed E-state index contributed by atoms with van der Waals surface area (Å²) in [5.41, 5.74) is 6.27. The SMILES string of the molecule is CCC(C)N(CC)C1(CN)CC(C)OC(C)C1. The van der Waals surface area contributed by atoms with Crippen molar-refractivity contribution in [1.29, 1.82) is 0 Å². The Balaban J connectivity index is 2.91. The summed E-state index contributed by atoms with van der Waals surface area (Å²) in [6.07, 6.45) is 3.94. The van der Waals surface area contributed by atoms with Crippen molar-refractivity contribution >= 4 is 0 Å². The van der Waals surface area contributed by atoms with Crippen LogP contribution in [0.4, 0.5) is 0 Å². The van der Waals surface area contributed by atoms with Crippen molar-refractivity contribution in [2.75, 3.05) is 13.1 Å². The number of nitrogens with zero attached hydrogens (tertiary/aromatic N) is 1. The van der Waals surface area contributed by atoms with Crippen molar-refractivity contribution in [3.63, 3.8) is 0 Å². The van der Waals surface area contributed by atoms with E-state index in [4.69, 9.17) is 10.5 Å². The van der Waals surface area contributed by atoms with Gasteiger partial charge in [0.15, 0.2) is 0 Å². The second-order valence-electron chi connectivity index (χ2n) is 5.64. The molecule has 1 saturated heterocycles. The molecule has 3 nitrogen and oxygen atoms in total. The lowest BCUT2D eigenvalue weighted by Gasteiger charge is -2.51. The Morgan fingerprint density at radius 2 is 1.82 bits per heavy atom. The van der Waals surface area contributed by atoms with Gasteiger partial charge in [-0.1, -0.05) is 13.8 Å². The maximum atomic E-state index is 6.13. The van der Waals surface area contributed by atoms with Crippen molar-refractivity contribution < 1.29 is 4.74 Å². The summed E-state index contributed by atoms with van der Waals surface area (Å²) >= 11 is 0. The molecule has 3 heteroatoms. The fourth-order valence-corrected chi connectivity index (χ4v) is 3.50. The van der Waals surface area contributed by atoms with E-state index in [1.165, 1.54) is 6.42 Å². The molecular formula is C14H30N2O. The standard InChI is InChI=1S/C14H30N2O/c1-6-11(3)16(7-2)14(10-15)8-12(4)17-13(5)9-14/h11-13H,6-10,15H2,1-5H3. The van der Waals surface area contributed by atoms with Crippen molar-refractivity contribution in [3.8, 4) is 0 Å². The zero-order valence-electron chi connectivity index (χ0n) is 12.2. The molecule has 0 aliphatic carbocycles. The van der Waals surface area contributed by atoms with Crippen LogP contribution in [0, 0.1) is 0 Å². The number of nitrogens with two attached hydrogens (primary N) is 1. The topological polar surface area (TPSA) is 38.5 Å². The number of rotatable bonds is 5. The maximum absolute atomic E-state index is 6.13. The lowest BCUT2D eigenvalue weighted by molar-refractivity contribution is -0.110. The summed E-state index contributed by atoms with van der Waals surface area (Å²) < 4.78 is 5.87. The summed E-state index contributed by atoms with van der Waals surface area (Å²) in [7, 11) is 0. The molecule has 0 aromatic carbocycles. The summed E-state index contributed by atoms with van der Waals surface area (Å²) in [5, 5.41) is 0. The molecule has 0 saturated carbocycles. The molecule has 1 aliphatic heterocycles. The van der Waals surface area contributed by atoms with Crippen LogP contribution in [0.3, 0.4) is 0 Å². The van der Waals surface area contributed by atoms with E-state index >= 15 is 0 Å². The van der Waals surface area contributed by atoms with Crippen LogP contribution in [0.25, 0.3) is 0 Å². The fraction of sp³-hybridized carbons (Fsp3) is 1.00. The molecular weight excluding hydrogens is 212 g/mol. The van der Waals surface area contributed by atoms with E-state index in [9.17, 15) is 0 Å². The molecule has 0 spiro atoms. The number of likely N-dealkylation sites (N-methyl/N-ethyl adjacent to an activating group) is 1. The van der Waals surface area contributed by atoms with Crippen LogP contribution < -0.4 is 5.73 Å². The van der Waals surface area contributed by atoms with Crippen molar-refractivity contribution in [3.05, 3.63) is 0 Å². The molecule has 1 aliphatic rings. The molecule has 3 atom stereocenters. The highest BCUT2D eigenvalue weighted by Gasteiger charge is 2.42. The van der Waals surface area contributed by atoms with Gasteiger partial charge in [-0.2, -0.15) is 0 Å². The van der Waals surface area contributed by atoms with Gasteiger partial charge in [0.05, 0.1) is 12.2 Å². The molecule has 102 valence electrons. The molecule has 0 aromatic heterocycles. The Kier molecular flexibility index (Phi) is 5.42. The Bertz CT molecular complexity index is 222. The summed E-state index contributed by atoms with van der Waals surface area (Å²) in [6.45, 7) is 13.0. The Labute approximate surface area is 107 Å². The van der Waals surface area contributed by atoms with Gasteiger partial charge in [-0.05, 0) is 46.6 Å². The van der Waals surface area contributed by atoms with Gasteiger partial charge >= 0.3 is 0 Å². The van der Waals surface area contributed by atoms with Gasteiger partial charge in [-0.25, -0.2) is 0 Å². The van der Waals surface area contributed by atoms with E-state index < -0.39 is 0 Å². The molecule has 1 rings (SSSR count).